The van der Waals surface area contributed by atoms with Gasteiger partial charge in [-0.15, -0.1) is 5.10 Å². The minimum Gasteiger partial charge on any atom is -0.338 e. The highest BCUT2D eigenvalue weighted by Gasteiger charge is 2.34. The van der Waals surface area contributed by atoms with E-state index in [2.05, 4.69) is 15.6 Å². The first-order chi connectivity index (χ1) is 14.8. The number of aromatic nitrogens is 3. The Morgan fingerprint density at radius 2 is 1.94 bits per heavy atom. The van der Waals surface area contributed by atoms with Crippen LogP contribution in [0.1, 0.15) is 34.5 Å². The Morgan fingerprint density at radius 3 is 2.68 bits per heavy atom. The fraction of sp³-hybridized carbons (Fsp3) is 0.238. The molecule has 1 aromatic heterocycles. The number of rotatable bonds is 5. The predicted octanol–water partition coefficient (Wildman–Crippen LogP) is 3.66. The average Bonchev–Trinajstić information content (AvgIpc) is 3.37. The lowest BCUT2D eigenvalue weighted by molar-refractivity contribution is -0.137. The molecule has 160 valence electrons. The van der Waals surface area contributed by atoms with Gasteiger partial charge in [0.25, 0.3) is 5.91 Å². The fourth-order valence-corrected chi connectivity index (χ4v) is 3.43. The normalized spacial score (nSPS) is 14.2. The molecule has 4 rings (SSSR count). The Morgan fingerprint density at radius 1 is 1.13 bits per heavy atom. The van der Waals surface area contributed by atoms with Gasteiger partial charge in [-0.3, -0.25) is 9.59 Å². The van der Waals surface area contributed by atoms with Crippen LogP contribution in [0.15, 0.2) is 54.7 Å². The molecule has 1 N–H and O–H groups in total. The number of carbonyl (C=O) groups is 2. The third kappa shape index (κ3) is 4.57. The molecule has 1 saturated heterocycles. The number of para-hydroxylation sites is 1. The summed E-state index contributed by atoms with van der Waals surface area (Å²) in [6.45, 7) is 1.16. The molecule has 0 radical (unpaired) electrons. The number of likely N-dealkylation sites (tertiary alicyclic amines) is 1. The number of benzene rings is 2. The standard InChI is InChI=1S/C21H18F3N5O2/c22-21(23,24)16-7-1-2-8-18(16)29-13-17(26-27-29)20(31)25-15-6-3-5-14(11-15)12-28-10-4-9-19(28)30/h1-3,5-8,11,13H,4,9-10,12H2,(H,25,31). The van der Waals surface area contributed by atoms with Gasteiger partial charge in [0, 0.05) is 25.2 Å². The van der Waals surface area contributed by atoms with Crippen molar-refractivity contribution in [3.05, 3.63) is 71.5 Å². The van der Waals surface area contributed by atoms with Gasteiger partial charge < -0.3 is 10.2 Å². The van der Waals surface area contributed by atoms with Crippen LogP contribution in [0.5, 0.6) is 0 Å². The van der Waals surface area contributed by atoms with Gasteiger partial charge in [-0.05, 0) is 36.2 Å². The maximum atomic E-state index is 13.2. The van der Waals surface area contributed by atoms with E-state index in [0.29, 0.717) is 25.2 Å². The molecule has 10 heteroatoms. The molecule has 0 atom stereocenters. The molecule has 7 nitrogen and oxygen atoms in total. The number of amides is 2. The summed E-state index contributed by atoms with van der Waals surface area (Å²) < 4.78 is 40.6. The van der Waals surface area contributed by atoms with Crippen molar-refractivity contribution >= 4 is 17.5 Å². The van der Waals surface area contributed by atoms with Crippen LogP contribution in [0, 0.1) is 0 Å². The van der Waals surface area contributed by atoms with Crippen molar-refractivity contribution < 1.29 is 22.8 Å². The highest BCUT2D eigenvalue weighted by Crippen LogP contribution is 2.33. The molecule has 1 aliphatic rings. The zero-order valence-electron chi connectivity index (χ0n) is 16.3. The van der Waals surface area contributed by atoms with Gasteiger partial charge in [0.05, 0.1) is 17.4 Å². The van der Waals surface area contributed by atoms with E-state index >= 15 is 0 Å². The Hall–Kier alpha value is -3.69. The van der Waals surface area contributed by atoms with Crippen LogP contribution >= 0.6 is 0 Å². The van der Waals surface area contributed by atoms with Crippen LogP contribution in [0.4, 0.5) is 18.9 Å². The maximum Gasteiger partial charge on any atom is 0.418 e. The smallest absolute Gasteiger partial charge is 0.338 e. The van der Waals surface area contributed by atoms with Crippen molar-refractivity contribution in [3.63, 3.8) is 0 Å². The molecular weight excluding hydrogens is 411 g/mol. The lowest BCUT2D eigenvalue weighted by Gasteiger charge is -2.16. The van der Waals surface area contributed by atoms with Crippen molar-refractivity contribution in [2.45, 2.75) is 25.6 Å². The molecule has 0 saturated carbocycles. The number of nitrogens with zero attached hydrogens (tertiary/aromatic N) is 4. The number of alkyl halides is 3. The third-order valence-corrected chi connectivity index (χ3v) is 4.91. The first-order valence-corrected chi connectivity index (χ1v) is 9.58. The zero-order valence-corrected chi connectivity index (χ0v) is 16.3. The predicted molar refractivity (Wildman–Crippen MR) is 105 cm³/mol. The number of nitrogens with one attached hydrogen (secondary N) is 1. The Bertz CT molecular complexity index is 1130. The van der Waals surface area contributed by atoms with Crippen LogP contribution in [0.25, 0.3) is 5.69 Å². The zero-order chi connectivity index (χ0) is 22.0. The van der Waals surface area contributed by atoms with E-state index in [1.807, 2.05) is 6.07 Å². The molecule has 1 fully saturated rings. The molecule has 3 aromatic rings. The van der Waals surface area contributed by atoms with E-state index in [9.17, 15) is 22.8 Å². The highest BCUT2D eigenvalue weighted by atomic mass is 19.4. The van der Waals surface area contributed by atoms with Crippen molar-refractivity contribution in [1.82, 2.24) is 19.9 Å². The van der Waals surface area contributed by atoms with Crippen molar-refractivity contribution in [3.8, 4) is 5.69 Å². The minimum atomic E-state index is -4.57. The summed E-state index contributed by atoms with van der Waals surface area (Å²) in [5, 5.41) is 10.1. The Balaban J connectivity index is 1.49. The third-order valence-electron chi connectivity index (χ3n) is 4.91. The number of carbonyl (C=O) groups excluding carboxylic acids is 2. The van der Waals surface area contributed by atoms with E-state index in [1.54, 1.807) is 23.1 Å². The quantitative estimate of drug-likeness (QED) is 0.671. The van der Waals surface area contributed by atoms with E-state index in [0.717, 1.165) is 28.9 Å². The minimum absolute atomic E-state index is 0.102. The van der Waals surface area contributed by atoms with Crippen molar-refractivity contribution in [2.75, 3.05) is 11.9 Å². The van der Waals surface area contributed by atoms with E-state index in [4.69, 9.17) is 0 Å². The first-order valence-electron chi connectivity index (χ1n) is 9.58. The van der Waals surface area contributed by atoms with Gasteiger partial charge in [0.1, 0.15) is 0 Å². The Labute approximate surface area is 175 Å². The molecule has 0 unspecified atom stereocenters. The average molecular weight is 429 g/mol. The van der Waals surface area contributed by atoms with Crippen molar-refractivity contribution in [1.29, 1.82) is 0 Å². The molecule has 0 aliphatic carbocycles. The monoisotopic (exact) mass is 429 g/mol. The second-order valence-electron chi connectivity index (χ2n) is 7.14. The lowest BCUT2D eigenvalue weighted by atomic mass is 10.1. The summed E-state index contributed by atoms with van der Waals surface area (Å²) in [4.78, 5) is 26.1. The van der Waals surface area contributed by atoms with Gasteiger partial charge in [-0.1, -0.05) is 29.5 Å². The van der Waals surface area contributed by atoms with Gasteiger partial charge in [-0.2, -0.15) is 13.2 Å². The molecule has 2 amide bonds. The SMILES string of the molecule is O=C(Nc1cccc(CN2CCCC2=O)c1)c1cn(-c2ccccc2C(F)(F)F)nn1. The van der Waals surface area contributed by atoms with Gasteiger partial charge in [0.15, 0.2) is 5.69 Å². The molecule has 2 aromatic carbocycles. The summed E-state index contributed by atoms with van der Waals surface area (Å²) >= 11 is 0. The van der Waals surface area contributed by atoms with E-state index in [-0.39, 0.29) is 17.3 Å². The largest absolute Gasteiger partial charge is 0.418 e. The molecule has 0 spiro atoms. The van der Waals surface area contributed by atoms with Crippen LogP contribution < -0.4 is 5.32 Å². The van der Waals surface area contributed by atoms with E-state index < -0.39 is 17.6 Å². The highest BCUT2D eigenvalue weighted by molar-refractivity contribution is 6.02. The molecule has 31 heavy (non-hydrogen) atoms. The van der Waals surface area contributed by atoms with Crippen molar-refractivity contribution in [2.24, 2.45) is 0 Å². The van der Waals surface area contributed by atoms with Crippen LogP contribution in [0.3, 0.4) is 0 Å². The Kier molecular flexibility index (Phi) is 5.45. The maximum absolute atomic E-state index is 13.2. The summed E-state index contributed by atoms with van der Waals surface area (Å²) in [5.41, 5.74) is 0.113. The summed E-state index contributed by atoms with van der Waals surface area (Å²) in [7, 11) is 0. The molecule has 1 aliphatic heterocycles. The van der Waals surface area contributed by atoms with Gasteiger partial charge in [-0.25, -0.2) is 4.68 Å². The van der Waals surface area contributed by atoms with Crippen LogP contribution in [-0.4, -0.2) is 38.3 Å². The summed E-state index contributed by atoms with van der Waals surface area (Å²) in [6, 6.07) is 11.9. The van der Waals surface area contributed by atoms with Crippen LogP contribution in [0.2, 0.25) is 0 Å². The van der Waals surface area contributed by atoms with Crippen LogP contribution in [-0.2, 0) is 17.5 Å². The topological polar surface area (TPSA) is 80.1 Å². The number of halogens is 3. The molecular formula is C21H18F3N5O2. The molecule has 2 heterocycles. The lowest BCUT2D eigenvalue weighted by Crippen LogP contribution is -2.23. The van der Waals surface area contributed by atoms with E-state index in [1.165, 1.54) is 18.2 Å². The molecule has 0 bridgehead atoms. The van der Waals surface area contributed by atoms with Gasteiger partial charge in [0.2, 0.25) is 5.91 Å². The number of hydrogen-bond acceptors (Lipinski definition) is 4. The summed E-state index contributed by atoms with van der Waals surface area (Å²) in [6.07, 6.45) is -2.04. The van der Waals surface area contributed by atoms with Gasteiger partial charge >= 0.3 is 6.18 Å². The summed E-state index contributed by atoms with van der Waals surface area (Å²) in [5.74, 6) is -0.504. The second-order valence-corrected chi connectivity index (χ2v) is 7.14. The number of anilines is 1. The fourth-order valence-electron chi connectivity index (χ4n) is 3.43. The number of hydrogen-bond donors (Lipinski definition) is 1. The second kappa shape index (κ2) is 8.21. The first kappa shape index (κ1) is 20.6.